The molecule has 0 spiro atoms. The molecule has 0 fully saturated rings. The summed E-state index contributed by atoms with van der Waals surface area (Å²) in [6.45, 7) is -0.162. The minimum Gasteiger partial charge on any atom is -0.398 e. The number of rotatable bonds is 5. The lowest BCUT2D eigenvalue weighted by molar-refractivity contribution is 0.0917. The van der Waals surface area contributed by atoms with Crippen LogP contribution in [-0.2, 0) is 6.42 Å². The molecule has 0 aliphatic rings. The van der Waals surface area contributed by atoms with Crippen LogP contribution in [0, 0.1) is 0 Å². The largest absolute Gasteiger partial charge is 0.398 e. The van der Waals surface area contributed by atoms with Gasteiger partial charge < -0.3 is 16.2 Å². The second-order valence-corrected chi connectivity index (χ2v) is 5.15. The van der Waals surface area contributed by atoms with E-state index in [-0.39, 0.29) is 18.1 Å². The second-order valence-electron chi connectivity index (χ2n) is 4.75. The van der Waals surface area contributed by atoms with Gasteiger partial charge in [-0.05, 0) is 24.1 Å². The van der Waals surface area contributed by atoms with Gasteiger partial charge in [0, 0.05) is 5.69 Å². The molecule has 4 nitrogen and oxygen atoms in total. The fourth-order valence-corrected chi connectivity index (χ4v) is 2.37. The Bertz CT molecular complexity index is 597. The van der Waals surface area contributed by atoms with E-state index < -0.39 is 6.04 Å². The molecule has 21 heavy (non-hydrogen) atoms. The van der Waals surface area contributed by atoms with Crippen molar-refractivity contribution in [2.45, 2.75) is 12.5 Å². The highest BCUT2D eigenvalue weighted by atomic mass is 35.5. The molecule has 1 unspecified atom stereocenters. The number of nitrogens with one attached hydrogen (secondary N) is 1. The number of nitrogens with two attached hydrogens (primary N) is 1. The van der Waals surface area contributed by atoms with Crippen LogP contribution in [0.3, 0.4) is 0 Å². The predicted octanol–water partition coefficient (Wildman–Crippen LogP) is 2.26. The van der Waals surface area contributed by atoms with Crippen molar-refractivity contribution in [1.82, 2.24) is 5.32 Å². The first-order chi connectivity index (χ1) is 10.1. The van der Waals surface area contributed by atoms with Crippen molar-refractivity contribution < 1.29 is 9.90 Å². The molecule has 0 bridgehead atoms. The third-order valence-electron chi connectivity index (χ3n) is 3.15. The number of aliphatic hydroxyl groups excluding tert-OH is 1. The maximum absolute atomic E-state index is 12.3. The zero-order valence-electron chi connectivity index (χ0n) is 11.4. The number of nitrogen functional groups attached to an aromatic ring is 1. The van der Waals surface area contributed by atoms with Crippen LogP contribution in [0.4, 0.5) is 5.69 Å². The van der Waals surface area contributed by atoms with Crippen molar-refractivity contribution in [2.75, 3.05) is 12.3 Å². The van der Waals surface area contributed by atoms with Crippen molar-refractivity contribution in [3.8, 4) is 0 Å². The lowest BCUT2D eigenvalue weighted by Crippen LogP contribution is -2.39. The van der Waals surface area contributed by atoms with Crippen LogP contribution in [0.1, 0.15) is 15.9 Å². The highest BCUT2D eigenvalue weighted by Gasteiger charge is 2.18. The van der Waals surface area contributed by atoms with Gasteiger partial charge in [0.15, 0.2) is 0 Å². The second kappa shape index (κ2) is 7.11. The van der Waals surface area contributed by atoms with E-state index in [1.54, 1.807) is 18.2 Å². The lowest BCUT2D eigenvalue weighted by atomic mass is 10.1. The molecule has 5 heteroatoms. The molecule has 0 radical (unpaired) electrons. The zero-order valence-corrected chi connectivity index (χ0v) is 12.2. The van der Waals surface area contributed by atoms with E-state index in [9.17, 15) is 9.90 Å². The highest BCUT2D eigenvalue weighted by Crippen LogP contribution is 2.21. The molecule has 4 N–H and O–H groups in total. The van der Waals surface area contributed by atoms with Gasteiger partial charge in [0.05, 0.1) is 23.2 Å². The Hall–Kier alpha value is -2.04. The summed E-state index contributed by atoms with van der Waals surface area (Å²) in [6.07, 6.45) is 0.535. The summed E-state index contributed by atoms with van der Waals surface area (Å²) in [5.41, 5.74) is 7.37. The lowest BCUT2D eigenvalue weighted by Gasteiger charge is -2.17. The van der Waals surface area contributed by atoms with Crippen molar-refractivity contribution in [2.24, 2.45) is 0 Å². The fourth-order valence-electron chi connectivity index (χ4n) is 2.10. The minimum absolute atomic E-state index is 0.162. The first-order valence-corrected chi connectivity index (χ1v) is 6.99. The van der Waals surface area contributed by atoms with Gasteiger partial charge in [-0.25, -0.2) is 0 Å². The molecular formula is C16H17ClN2O2. The molecule has 0 heterocycles. The molecule has 0 aliphatic carbocycles. The van der Waals surface area contributed by atoms with Crippen LogP contribution in [0.5, 0.6) is 0 Å². The molecule has 1 amide bonds. The topological polar surface area (TPSA) is 75.4 Å². The van der Waals surface area contributed by atoms with E-state index in [1.807, 2.05) is 30.3 Å². The van der Waals surface area contributed by atoms with Gasteiger partial charge >= 0.3 is 0 Å². The van der Waals surface area contributed by atoms with Crippen molar-refractivity contribution >= 4 is 23.2 Å². The number of carbonyl (C=O) groups excluding carboxylic acids is 1. The Kier molecular flexibility index (Phi) is 5.20. The van der Waals surface area contributed by atoms with E-state index in [4.69, 9.17) is 17.3 Å². The molecule has 0 saturated heterocycles. The number of aliphatic hydroxyl groups is 1. The Morgan fingerprint density at radius 1 is 1.19 bits per heavy atom. The third kappa shape index (κ3) is 3.97. The highest BCUT2D eigenvalue weighted by molar-refractivity contribution is 6.34. The SMILES string of the molecule is Nc1cccc(Cl)c1C(=O)NC(CO)Cc1ccccc1. The Labute approximate surface area is 128 Å². The molecule has 0 saturated carbocycles. The van der Waals surface area contributed by atoms with E-state index in [0.29, 0.717) is 17.1 Å². The van der Waals surface area contributed by atoms with E-state index >= 15 is 0 Å². The van der Waals surface area contributed by atoms with Gasteiger partial charge in [0.1, 0.15) is 0 Å². The predicted molar refractivity (Wildman–Crippen MR) is 84.4 cm³/mol. The van der Waals surface area contributed by atoms with Crippen LogP contribution < -0.4 is 11.1 Å². The smallest absolute Gasteiger partial charge is 0.255 e. The first-order valence-electron chi connectivity index (χ1n) is 6.61. The number of anilines is 1. The molecule has 0 aromatic heterocycles. The molecule has 2 rings (SSSR count). The van der Waals surface area contributed by atoms with Gasteiger partial charge in [-0.15, -0.1) is 0 Å². The van der Waals surface area contributed by atoms with Crippen LogP contribution in [-0.4, -0.2) is 23.7 Å². The summed E-state index contributed by atoms with van der Waals surface area (Å²) >= 11 is 6.01. The van der Waals surface area contributed by atoms with Crippen LogP contribution in [0.25, 0.3) is 0 Å². The van der Waals surface area contributed by atoms with E-state index in [2.05, 4.69) is 5.32 Å². The number of carbonyl (C=O) groups is 1. The Balaban J connectivity index is 2.10. The molecule has 110 valence electrons. The van der Waals surface area contributed by atoms with Crippen molar-refractivity contribution in [1.29, 1.82) is 0 Å². The molecule has 2 aromatic rings. The molecule has 1 atom stereocenters. The summed E-state index contributed by atoms with van der Waals surface area (Å²) in [5.74, 6) is -0.381. The number of halogens is 1. The zero-order chi connectivity index (χ0) is 15.2. The fraction of sp³-hybridized carbons (Fsp3) is 0.188. The minimum atomic E-state index is -0.393. The van der Waals surface area contributed by atoms with Gasteiger partial charge in [0.25, 0.3) is 5.91 Å². The monoisotopic (exact) mass is 304 g/mol. The van der Waals surface area contributed by atoms with Gasteiger partial charge in [-0.3, -0.25) is 4.79 Å². The summed E-state index contributed by atoms with van der Waals surface area (Å²) in [7, 11) is 0. The number of amides is 1. The molecule has 0 aliphatic heterocycles. The molecular weight excluding hydrogens is 288 g/mol. The van der Waals surface area contributed by atoms with Crippen LogP contribution >= 0.6 is 11.6 Å². The van der Waals surface area contributed by atoms with Crippen molar-refractivity contribution in [3.63, 3.8) is 0 Å². The summed E-state index contributed by atoms with van der Waals surface area (Å²) in [6, 6.07) is 14.1. The quantitative estimate of drug-likeness (QED) is 0.742. The van der Waals surface area contributed by atoms with Gasteiger partial charge in [-0.1, -0.05) is 48.0 Å². The maximum Gasteiger partial charge on any atom is 0.255 e. The van der Waals surface area contributed by atoms with Crippen LogP contribution in [0.2, 0.25) is 5.02 Å². The standard InChI is InChI=1S/C16H17ClN2O2/c17-13-7-4-8-14(18)15(13)16(21)19-12(10-20)9-11-5-2-1-3-6-11/h1-8,12,20H,9-10,18H2,(H,19,21). The van der Waals surface area contributed by atoms with Gasteiger partial charge in [-0.2, -0.15) is 0 Å². The average Bonchev–Trinajstić information content (AvgIpc) is 2.47. The normalized spacial score (nSPS) is 11.9. The van der Waals surface area contributed by atoms with Crippen LogP contribution in [0.15, 0.2) is 48.5 Å². The van der Waals surface area contributed by atoms with E-state index in [0.717, 1.165) is 5.56 Å². The summed E-state index contributed by atoms with van der Waals surface area (Å²) in [4.78, 5) is 12.3. The first kappa shape index (κ1) is 15.4. The summed E-state index contributed by atoms with van der Waals surface area (Å²) in [5, 5.41) is 12.5. The molecule has 2 aromatic carbocycles. The van der Waals surface area contributed by atoms with Gasteiger partial charge in [0.2, 0.25) is 0 Å². The number of hydrogen-bond donors (Lipinski definition) is 3. The number of hydrogen-bond acceptors (Lipinski definition) is 3. The summed E-state index contributed by atoms with van der Waals surface area (Å²) < 4.78 is 0. The third-order valence-corrected chi connectivity index (χ3v) is 3.47. The number of benzene rings is 2. The Morgan fingerprint density at radius 2 is 1.90 bits per heavy atom. The average molecular weight is 305 g/mol. The maximum atomic E-state index is 12.3. The van der Waals surface area contributed by atoms with Crippen molar-refractivity contribution in [3.05, 3.63) is 64.7 Å². The Morgan fingerprint density at radius 3 is 2.52 bits per heavy atom. The van der Waals surface area contributed by atoms with E-state index in [1.165, 1.54) is 0 Å².